The molecule has 0 aromatic carbocycles. The van der Waals surface area contributed by atoms with Crippen molar-refractivity contribution < 1.29 is 9.15 Å². The highest BCUT2D eigenvalue weighted by Crippen LogP contribution is 2.19. The molecule has 4 nitrogen and oxygen atoms in total. The SMILES string of the molecule is CCOC1CCCN(Cc2occc2CNC(C)(C)C)C1. The van der Waals surface area contributed by atoms with E-state index in [9.17, 15) is 0 Å². The van der Waals surface area contributed by atoms with Gasteiger partial charge in [-0.15, -0.1) is 0 Å². The monoisotopic (exact) mass is 294 g/mol. The van der Waals surface area contributed by atoms with Gasteiger partial charge in [0.05, 0.1) is 18.9 Å². The van der Waals surface area contributed by atoms with Crippen LogP contribution in [0.5, 0.6) is 0 Å². The molecule has 1 fully saturated rings. The number of nitrogens with zero attached hydrogens (tertiary/aromatic N) is 1. The molecule has 2 heterocycles. The van der Waals surface area contributed by atoms with Crippen molar-refractivity contribution in [2.45, 2.75) is 65.3 Å². The van der Waals surface area contributed by atoms with Crippen molar-refractivity contribution in [2.75, 3.05) is 19.7 Å². The minimum absolute atomic E-state index is 0.125. The van der Waals surface area contributed by atoms with Crippen LogP contribution in [0.15, 0.2) is 16.7 Å². The van der Waals surface area contributed by atoms with Crippen molar-refractivity contribution in [3.8, 4) is 0 Å². The number of likely N-dealkylation sites (tertiary alicyclic amines) is 1. The van der Waals surface area contributed by atoms with Gasteiger partial charge in [0.2, 0.25) is 0 Å². The molecule has 1 saturated heterocycles. The maximum Gasteiger partial charge on any atom is 0.122 e. The average molecular weight is 294 g/mol. The molecule has 0 amide bonds. The van der Waals surface area contributed by atoms with Crippen LogP contribution in [0.2, 0.25) is 0 Å². The van der Waals surface area contributed by atoms with E-state index in [1.807, 2.05) is 0 Å². The summed E-state index contributed by atoms with van der Waals surface area (Å²) in [7, 11) is 0. The molecule has 1 unspecified atom stereocenters. The average Bonchev–Trinajstić information content (AvgIpc) is 2.84. The Morgan fingerprint density at radius 3 is 2.95 bits per heavy atom. The van der Waals surface area contributed by atoms with Gasteiger partial charge in [0.1, 0.15) is 5.76 Å². The first-order valence-corrected chi connectivity index (χ1v) is 8.12. The van der Waals surface area contributed by atoms with Crippen molar-refractivity contribution in [1.82, 2.24) is 10.2 Å². The predicted molar refractivity (Wildman–Crippen MR) is 85.2 cm³/mol. The minimum atomic E-state index is 0.125. The first-order chi connectivity index (χ1) is 9.98. The maximum atomic E-state index is 5.77. The molecule has 1 N–H and O–H groups in total. The number of furan rings is 1. The summed E-state index contributed by atoms with van der Waals surface area (Å²) in [4.78, 5) is 2.45. The van der Waals surface area contributed by atoms with Crippen LogP contribution in [0, 0.1) is 0 Å². The number of rotatable bonds is 6. The number of nitrogens with one attached hydrogen (secondary N) is 1. The Hall–Kier alpha value is -0.840. The highest BCUT2D eigenvalue weighted by Gasteiger charge is 2.22. The zero-order valence-electron chi connectivity index (χ0n) is 13.9. The van der Waals surface area contributed by atoms with Gasteiger partial charge in [0.25, 0.3) is 0 Å². The molecule has 1 aromatic heterocycles. The lowest BCUT2D eigenvalue weighted by molar-refractivity contribution is 0.00190. The van der Waals surface area contributed by atoms with E-state index in [-0.39, 0.29) is 5.54 Å². The predicted octanol–water partition coefficient (Wildman–Crippen LogP) is 3.17. The van der Waals surface area contributed by atoms with Crippen LogP contribution in [0.4, 0.5) is 0 Å². The van der Waals surface area contributed by atoms with Crippen LogP contribution in [-0.2, 0) is 17.8 Å². The Kier molecular flexibility index (Phi) is 5.85. The van der Waals surface area contributed by atoms with Crippen molar-refractivity contribution in [2.24, 2.45) is 0 Å². The van der Waals surface area contributed by atoms with Crippen molar-refractivity contribution in [3.05, 3.63) is 23.7 Å². The zero-order valence-corrected chi connectivity index (χ0v) is 13.9. The van der Waals surface area contributed by atoms with Gasteiger partial charge in [0, 0.05) is 30.8 Å². The standard InChI is InChI=1S/C17H30N2O2/c1-5-20-15-7-6-9-19(12-15)13-16-14(8-10-21-16)11-18-17(2,3)4/h8,10,15,18H,5-7,9,11-13H2,1-4H3. The molecule has 0 spiro atoms. The lowest BCUT2D eigenvalue weighted by atomic mass is 10.1. The van der Waals surface area contributed by atoms with E-state index in [1.165, 1.54) is 18.4 Å². The van der Waals surface area contributed by atoms with Crippen LogP contribution in [-0.4, -0.2) is 36.2 Å². The Bertz CT molecular complexity index is 421. The molecule has 4 heteroatoms. The molecule has 0 radical (unpaired) electrons. The molecule has 2 rings (SSSR count). The van der Waals surface area contributed by atoms with Gasteiger partial charge >= 0.3 is 0 Å². The van der Waals surface area contributed by atoms with Gasteiger partial charge in [-0.25, -0.2) is 0 Å². The van der Waals surface area contributed by atoms with E-state index >= 15 is 0 Å². The van der Waals surface area contributed by atoms with Gasteiger partial charge in [-0.05, 0) is 53.1 Å². The van der Waals surface area contributed by atoms with E-state index in [1.54, 1.807) is 6.26 Å². The summed E-state index contributed by atoms with van der Waals surface area (Å²) in [5.41, 5.74) is 1.39. The minimum Gasteiger partial charge on any atom is -0.468 e. The van der Waals surface area contributed by atoms with E-state index in [4.69, 9.17) is 9.15 Å². The van der Waals surface area contributed by atoms with Crippen LogP contribution in [0.25, 0.3) is 0 Å². The summed E-state index contributed by atoms with van der Waals surface area (Å²) >= 11 is 0. The molecule has 21 heavy (non-hydrogen) atoms. The zero-order chi connectivity index (χ0) is 15.3. The second-order valence-electron chi connectivity index (χ2n) is 6.93. The molecule has 1 aromatic rings. The van der Waals surface area contributed by atoms with Gasteiger partial charge in [0.15, 0.2) is 0 Å². The number of hydrogen-bond donors (Lipinski definition) is 1. The summed E-state index contributed by atoms with van der Waals surface area (Å²) in [5.74, 6) is 1.09. The van der Waals surface area contributed by atoms with E-state index in [2.05, 4.69) is 44.0 Å². The summed E-state index contributed by atoms with van der Waals surface area (Å²) in [6.07, 6.45) is 4.58. The van der Waals surface area contributed by atoms with E-state index in [0.717, 1.165) is 38.5 Å². The largest absolute Gasteiger partial charge is 0.468 e. The second kappa shape index (κ2) is 7.43. The summed E-state index contributed by atoms with van der Waals surface area (Å²) < 4.78 is 11.5. The summed E-state index contributed by atoms with van der Waals surface area (Å²) in [6.45, 7) is 13.3. The van der Waals surface area contributed by atoms with Crippen LogP contribution < -0.4 is 5.32 Å². The molecular formula is C17H30N2O2. The first kappa shape index (κ1) is 16.5. The van der Waals surface area contributed by atoms with Crippen molar-refractivity contribution in [1.29, 1.82) is 0 Å². The van der Waals surface area contributed by atoms with Crippen LogP contribution >= 0.6 is 0 Å². The lowest BCUT2D eigenvalue weighted by Crippen LogP contribution is -2.39. The first-order valence-electron chi connectivity index (χ1n) is 8.12. The Balaban J connectivity index is 1.89. The number of hydrogen-bond acceptors (Lipinski definition) is 4. The topological polar surface area (TPSA) is 37.6 Å². The Labute approximate surface area is 128 Å². The smallest absolute Gasteiger partial charge is 0.122 e. The van der Waals surface area contributed by atoms with Gasteiger partial charge < -0.3 is 14.5 Å². The fourth-order valence-electron chi connectivity index (χ4n) is 2.76. The molecule has 1 aliphatic rings. The quantitative estimate of drug-likeness (QED) is 0.874. The van der Waals surface area contributed by atoms with Crippen LogP contribution in [0.3, 0.4) is 0 Å². The maximum absolute atomic E-state index is 5.77. The third-order valence-electron chi connectivity index (χ3n) is 3.88. The van der Waals surface area contributed by atoms with E-state index in [0.29, 0.717) is 6.10 Å². The summed E-state index contributed by atoms with van der Waals surface area (Å²) in [5, 5.41) is 3.53. The van der Waals surface area contributed by atoms with E-state index < -0.39 is 0 Å². The molecule has 0 aliphatic carbocycles. The molecule has 0 bridgehead atoms. The van der Waals surface area contributed by atoms with Crippen molar-refractivity contribution in [3.63, 3.8) is 0 Å². The van der Waals surface area contributed by atoms with Crippen molar-refractivity contribution >= 4 is 0 Å². The second-order valence-corrected chi connectivity index (χ2v) is 6.93. The lowest BCUT2D eigenvalue weighted by Gasteiger charge is -2.32. The molecule has 0 saturated carbocycles. The Morgan fingerprint density at radius 1 is 1.43 bits per heavy atom. The highest BCUT2D eigenvalue weighted by atomic mass is 16.5. The van der Waals surface area contributed by atoms with Gasteiger partial charge in [-0.2, -0.15) is 0 Å². The number of ether oxygens (including phenoxy) is 1. The third-order valence-corrected chi connectivity index (χ3v) is 3.88. The fraction of sp³-hybridized carbons (Fsp3) is 0.765. The fourth-order valence-corrected chi connectivity index (χ4v) is 2.76. The van der Waals surface area contributed by atoms with Gasteiger partial charge in [-0.3, -0.25) is 4.90 Å². The molecule has 120 valence electrons. The normalized spacial score (nSPS) is 20.9. The van der Waals surface area contributed by atoms with Gasteiger partial charge in [-0.1, -0.05) is 0 Å². The third kappa shape index (κ3) is 5.46. The molecule has 1 atom stereocenters. The van der Waals surface area contributed by atoms with Crippen LogP contribution in [0.1, 0.15) is 51.9 Å². The summed E-state index contributed by atoms with van der Waals surface area (Å²) in [6, 6.07) is 2.08. The molecular weight excluding hydrogens is 264 g/mol. The number of piperidine rings is 1. The Morgan fingerprint density at radius 2 is 2.24 bits per heavy atom. The highest BCUT2D eigenvalue weighted by molar-refractivity contribution is 5.17. The molecule has 1 aliphatic heterocycles.